The Bertz CT molecular complexity index is 1160. The van der Waals surface area contributed by atoms with Gasteiger partial charge in [-0.1, -0.05) is 16.7 Å². The molecule has 0 saturated carbocycles. The number of non-ortho nitro benzene ring substituents is 1. The molecule has 0 unspecified atom stereocenters. The maximum atomic E-state index is 12.3. The van der Waals surface area contributed by atoms with Crippen LogP contribution in [0.3, 0.4) is 0 Å². The van der Waals surface area contributed by atoms with E-state index < -0.39 is 10.8 Å². The summed E-state index contributed by atoms with van der Waals surface area (Å²) in [5.74, 6) is -0.0733. The molecule has 0 aliphatic heterocycles. The van der Waals surface area contributed by atoms with Crippen molar-refractivity contribution in [2.24, 2.45) is 0 Å². The molecular weight excluding hydrogens is 392 g/mol. The molecular formula is C17H9ClN4O6. The molecule has 0 spiro atoms. The van der Waals surface area contributed by atoms with Crippen LogP contribution in [0.5, 0.6) is 0 Å². The fourth-order valence-corrected chi connectivity index (χ4v) is 2.56. The van der Waals surface area contributed by atoms with Crippen molar-refractivity contribution in [3.8, 4) is 23.0 Å². The van der Waals surface area contributed by atoms with Gasteiger partial charge in [-0.2, -0.15) is 0 Å². The predicted octanol–water partition coefficient (Wildman–Crippen LogP) is 4.40. The summed E-state index contributed by atoms with van der Waals surface area (Å²) in [5.41, 5.74) is 0.130. The average Bonchev–Trinajstić information content (AvgIpc) is 3.43. The van der Waals surface area contributed by atoms with E-state index in [1.54, 1.807) is 12.1 Å². The van der Waals surface area contributed by atoms with Crippen molar-refractivity contribution in [2.75, 3.05) is 5.32 Å². The number of nitrogens with zero attached hydrogens (tertiary/aromatic N) is 3. The molecule has 11 heteroatoms. The van der Waals surface area contributed by atoms with Crippen molar-refractivity contribution < 1.29 is 23.0 Å². The van der Waals surface area contributed by atoms with Gasteiger partial charge in [0.15, 0.2) is 11.5 Å². The van der Waals surface area contributed by atoms with E-state index in [0.717, 1.165) is 0 Å². The molecule has 1 amide bonds. The largest absolute Gasteiger partial charge is 0.459 e. The van der Waals surface area contributed by atoms with Gasteiger partial charge in [-0.3, -0.25) is 20.2 Å². The molecule has 3 aromatic heterocycles. The van der Waals surface area contributed by atoms with Crippen LogP contribution in [-0.4, -0.2) is 21.0 Å². The number of halogens is 1. The number of hydrogen-bond acceptors (Lipinski definition) is 8. The Morgan fingerprint density at radius 3 is 2.71 bits per heavy atom. The van der Waals surface area contributed by atoms with E-state index in [2.05, 4.69) is 15.5 Å². The highest BCUT2D eigenvalue weighted by molar-refractivity contribution is 6.33. The van der Waals surface area contributed by atoms with Gasteiger partial charge < -0.3 is 13.3 Å². The fraction of sp³-hybridized carbons (Fsp3) is 0. The Morgan fingerprint density at radius 1 is 1.11 bits per heavy atom. The van der Waals surface area contributed by atoms with E-state index >= 15 is 0 Å². The smallest absolute Gasteiger partial charge is 0.323 e. The van der Waals surface area contributed by atoms with Gasteiger partial charge in [-0.05, 0) is 30.3 Å². The van der Waals surface area contributed by atoms with Crippen LogP contribution in [0.25, 0.3) is 23.0 Å². The molecule has 1 N–H and O–H groups in total. The number of rotatable bonds is 5. The lowest BCUT2D eigenvalue weighted by atomic mass is 10.1. The van der Waals surface area contributed by atoms with Crippen molar-refractivity contribution in [3.63, 3.8) is 0 Å². The molecule has 0 aliphatic carbocycles. The Hall–Kier alpha value is -3.92. The summed E-state index contributed by atoms with van der Waals surface area (Å²) < 4.78 is 15.9. The minimum absolute atomic E-state index is 0.0738. The second-order valence-electron chi connectivity index (χ2n) is 5.43. The van der Waals surface area contributed by atoms with Crippen molar-refractivity contribution in [1.82, 2.24) is 10.2 Å². The molecule has 10 nitrogen and oxygen atoms in total. The number of anilines is 1. The molecule has 0 saturated heterocycles. The summed E-state index contributed by atoms with van der Waals surface area (Å²) in [6.07, 6.45) is 1.45. The summed E-state index contributed by atoms with van der Waals surface area (Å²) in [6, 6.07) is 9.91. The molecule has 4 rings (SSSR count). The highest BCUT2D eigenvalue weighted by Crippen LogP contribution is 2.32. The number of amides is 1. The van der Waals surface area contributed by atoms with E-state index in [1.165, 1.54) is 36.6 Å². The fourth-order valence-electron chi connectivity index (χ4n) is 2.35. The van der Waals surface area contributed by atoms with Crippen molar-refractivity contribution in [1.29, 1.82) is 0 Å². The molecule has 0 bridgehead atoms. The quantitative estimate of drug-likeness (QED) is 0.384. The number of nitro groups is 1. The number of aromatic nitrogens is 2. The van der Waals surface area contributed by atoms with E-state index in [0.29, 0.717) is 5.76 Å². The van der Waals surface area contributed by atoms with Crippen molar-refractivity contribution in [2.45, 2.75) is 0 Å². The first-order chi connectivity index (χ1) is 13.5. The summed E-state index contributed by atoms with van der Waals surface area (Å²) in [5, 5.41) is 21.0. The Balaban J connectivity index is 1.54. The lowest BCUT2D eigenvalue weighted by Gasteiger charge is -2.01. The zero-order valence-corrected chi connectivity index (χ0v) is 14.5. The van der Waals surface area contributed by atoms with Crippen molar-refractivity contribution in [3.05, 3.63) is 69.6 Å². The molecule has 28 heavy (non-hydrogen) atoms. The number of benzene rings is 1. The Morgan fingerprint density at radius 2 is 1.96 bits per heavy atom. The minimum Gasteiger partial charge on any atom is -0.459 e. The minimum atomic E-state index is -0.651. The lowest BCUT2D eigenvalue weighted by Crippen LogP contribution is -2.11. The monoisotopic (exact) mass is 400 g/mol. The third-order valence-corrected chi connectivity index (χ3v) is 3.96. The van der Waals surface area contributed by atoms with E-state index in [9.17, 15) is 14.9 Å². The topological polar surface area (TPSA) is 137 Å². The third-order valence-electron chi connectivity index (χ3n) is 3.63. The van der Waals surface area contributed by atoms with Gasteiger partial charge >= 0.3 is 6.01 Å². The zero-order valence-electron chi connectivity index (χ0n) is 13.8. The molecule has 0 radical (unpaired) electrons. The van der Waals surface area contributed by atoms with Crippen molar-refractivity contribution >= 4 is 29.2 Å². The number of carbonyl (C=O) groups is 1. The maximum absolute atomic E-state index is 12.3. The van der Waals surface area contributed by atoms with Crippen LogP contribution in [0.1, 0.15) is 10.6 Å². The Labute approximate surface area is 160 Å². The van der Waals surface area contributed by atoms with Crippen LogP contribution < -0.4 is 5.32 Å². The van der Waals surface area contributed by atoms with Crippen LogP contribution in [0.15, 0.2) is 62.0 Å². The van der Waals surface area contributed by atoms with Crippen LogP contribution in [0, 0.1) is 10.1 Å². The maximum Gasteiger partial charge on any atom is 0.323 e. The molecule has 0 fully saturated rings. The average molecular weight is 401 g/mol. The summed E-state index contributed by atoms with van der Waals surface area (Å²) in [4.78, 5) is 22.7. The molecule has 0 aliphatic rings. The van der Waals surface area contributed by atoms with Crippen LogP contribution in [0.2, 0.25) is 5.02 Å². The number of hydrogen-bond donors (Lipinski definition) is 1. The normalized spacial score (nSPS) is 10.8. The predicted molar refractivity (Wildman–Crippen MR) is 95.8 cm³/mol. The standard InChI is InChI=1S/C17H9ClN4O6/c18-11-4-3-9(22(24)25)8-10(11)12-5-6-13(27-12)15(23)19-17-21-20-16(28-17)14-2-1-7-26-14/h1-8H,(H,19,21,23). The first-order valence-electron chi connectivity index (χ1n) is 7.74. The molecule has 1 aromatic carbocycles. The lowest BCUT2D eigenvalue weighted by molar-refractivity contribution is -0.384. The summed E-state index contributed by atoms with van der Waals surface area (Å²) >= 11 is 6.08. The second-order valence-corrected chi connectivity index (χ2v) is 5.84. The first kappa shape index (κ1) is 17.5. The van der Waals surface area contributed by atoms with Gasteiger partial charge in [0.2, 0.25) is 0 Å². The Kier molecular flexibility index (Phi) is 4.38. The highest BCUT2D eigenvalue weighted by atomic mass is 35.5. The van der Waals surface area contributed by atoms with Gasteiger partial charge in [-0.25, -0.2) is 0 Å². The van der Waals surface area contributed by atoms with Gasteiger partial charge in [0.05, 0.1) is 16.2 Å². The van der Waals surface area contributed by atoms with E-state index in [1.807, 2.05) is 0 Å². The van der Waals surface area contributed by atoms with Crippen LogP contribution in [-0.2, 0) is 0 Å². The number of furan rings is 2. The number of nitro benzene ring substituents is 1. The van der Waals surface area contributed by atoms with Gasteiger partial charge in [0.1, 0.15) is 5.76 Å². The third kappa shape index (κ3) is 3.35. The van der Waals surface area contributed by atoms with Crippen LogP contribution >= 0.6 is 11.6 Å². The molecule has 0 atom stereocenters. The zero-order chi connectivity index (χ0) is 19.7. The van der Waals surface area contributed by atoms with Gasteiger partial charge in [0.25, 0.3) is 17.5 Å². The summed E-state index contributed by atoms with van der Waals surface area (Å²) in [7, 11) is 0. The van der Waals surface area contributed by atoms with Gasteiger partial charge in [0, 0.05) is 17.7 Å². The first-order valence-corrected chi connectivity index (χ1v) is 8.12. The van der Waals surface area contributed by atoms with Gasteiger partial charge in [-0.15, -0.1) is 5.10 Å². The van der Waals surface area contributed by atoms with Crippen LogP contribution in [0.4, 0.5) is 11.7 Å². The second kappa shape index (κ2) is 7.00. The highest BCUT2D eigenvalue weighted by Gasteiger charge is 2.19. The number of nitrogens with one attached hydrogen (secondary N) is 1. The number of carbonyl (C=O) groups excluding carboxylic acids is 1. The SMILES string of the molecule is O=C(Nc1nnc(-c2ccco2)o1)c1ccc(-c2cc([N+](=O)[O-])ccc2Cl)o1. The molecule has 3 heterocycles. The summed E-state index contributed by atoms with van der Waals surface area (Å²) in [6.45, 7) is 0. The molecule has 140 valence electrons. The van der Waals surface area contributed by atoms with E-state index in [4.69, 9.17) is 24.9 Å². The molecule has 4 aromatic rings. The van der Waals surface area contributed by atoms with E-state index in [-0.39, 0.29) is 39.7 Å².